The van der Waals surface area contributed by atoms with E-state index >= 15 is 0 Å². The summed E-state index contributed by atoms with van der Waals surface area (Å²) < 4.78 is 0. The number of rotatable bonds is 9. The molecule has 0 bridgehead atoms. The van der Waals surface area contributed by atoms with Gasteiger partial charge >= 0.3 is 0 Å². The predicted molar refractivity (Wildman–Crippen MR) is 126 cm³/mol. The Balaban J connectivity index is 1.41. The van der Waals surface area contributed by atoms with Crippen LogP contribution < -0.4 is 10.2 Å². The van der Waals surface area contributed by atoms with Crippen LogP contribution in [0.3, 0.4) is 0 Å². The Morgan fingerprint density at radius 1 is 1.23 bits per heavy atom. The summed E-state index contributed by atoms with van der Waals surface area (Å²) in [7, 11) is 2.08. The van der Waals surface area contributed by atoms with Crippen molar-refractivity contribution in [2.45, 2.75) is 82.0 Å². The lowest BCUT2D eigenvalue weighted by atomic mass is 9.94. The van der Waals surface area contributed by atoms with Crippen LogP contribution in [0.15, 0.2) is 11.2 Å². The number of aromatic nitrogens is 2. The summed E-state index contributed by atoms with van der Waals surface area (Å²) in [5, 5.41) is 4.02. The fourth-order valence-corrected chi connectivity index (χ4v) is 5.38. The highest BCUT2D eigenvalue weighted by Crippen LogP contribution is 2.27. The third kappa shape index (κ3) is 7.27. The third-order valence-electron chi connectivity index (χ3n) is 6.36. The number of nitrogens with one attached hydrogen (secondary N) is 1. The highest BCUT2D eigenvalue weighted by Gasteiger charge is 2.21. The van der Waals surface area contributed by atoms with E-state index in [4.69, 9.17) is 11.6 Å². The van der Waals surface area contributed by atoms with Gasteiger partial charge in [-0.1, -0.05) is 49.0 Å². The van der Waals surface area contributed by atoms with Gasteiger partial charge in [0.1, 0.15) is 11.0 Å². The van der Waals surface area contributed by atoms with Gasteiger partial charge in [0, 0.05) is 38.3 Å². The number of amides is 1. The minimum absolute atomic E-state index is 0.0254. The van der Waals surface area contributed by atoms with E-state index in [1.54, 1.807) is 0 Å². The minimum Gasteiger partial charge on any atom is -0.357 e. The molecule has 0 aromatic carbocycles. The van der Waals surface area contributed by atoms with E-state index in [2.05, 4.69) is 39.1 Å². The maximum absolute atomic E-state index is 12.2. The van der Waals surface area contributed by atoms with Crippen LogP contribution in [0.4, 0.5) is 5.82 Å². The maximum Gasteiger partial charge on any atom is 0.230 e. The number of hydrogen-bond acceptors (Lipinski definition) is 6. The maximum atomic E-state index is 12.2. The van der Waals surface area contributed by atoms with Crippen molar-refractivity contribution in [1.82, 2.24) is 20.2 Å². The van der Waals surface area contributed by atoms with Crippen molar-refractivity contribution in [3.8, 4) is 0 Å². The van der Waals surface area contributed by atoms with Crippen molar-refractivity contribution < 1.29 is 4.79 Å². The molecule has 1 saturated heterocycles. The zero-order chi connectivity index (χ0) is 21.3. The molecule has 1 unspecified atom stereocenters. The normalized spacial score (nSPS) is 20.8. The number of likely N-dealkylation sites (tertiary alicyclic amines) is 1. The van der Waals surface area contributed by atoms with Crippen LogP contribution in [-0.4, -0.2) is 65.3 Å². The van der Waals surface area contributed by atoms with Crippen molar-refractivity contribution in [3.63, 3.8) is 0 Å². The van der Waals surface area contributed by atoms with Gasteiger partial charge in [-0.3, -0.25) is 4.79 Å². The third-order valence-corrected chi connectivity index (χ3v) is 7.40. The Kier molecular flexibility index (Phi) is 9.53. The van der Waals surface area contributed by atoms with Gasteiger partial charge in [-0.05, 0) is 45.6 Å². The second-order valence-corrected chi connectivity index (χ2v) is 9.94. The van der Waals surface area contributed by atoms with E-state index in [-0.39, 0.29) is 5.91 Å². The Labute approximate surface area is 190 Å². The van der Waals surface area contributed by atoms with Crippen molar-refractivity contribution in [1.29, 1.82) is 0 Å². The second kappa shape index (κ2) is 12.1. The van der Waals surface area contributed by atoms with Gasteiger partial charge in [0.2, 0.25) is 5.91 Å². The molecule has 1 aliphatic heterocycles. The summed E-state index contributed by atoms with van der Waals surface area (Å²) in [6, 6.07) is 3.00. The molecule has 1 atom stereocenters. The SMILES string of the molecule is CC1CCCCN1CCCNC(=O)CSc1nc(Cl)cc(N(C)C2CCCCC2)n1. The summed E-state index contributed by atoms with van der Waals surface area (Å²) in [5.74, 6) is 1.19. The molecule has 1 aromatic heterocycles. The van der Waals surface area contributed by atoms with Crippen LogP contribution in [0.1, 0.15) is 64.7 Å². The molecule has 1 saturated carbocycles. The molecule has 0 spiro atoms. The number of nitrogens with zero attached hydrogens (tertiary/aromatic N) is 4. The van der Waals surface area contributed by atoms with Crippen LogP contribution in [0.25, 0.3) is 0 Å². The molecule has 8 heteroatoms. The van der Waals surface area contributed by atoms with Crippen molar-refractivity contribution >= 4 is 35.1 Å². The summed E-state index contributed by atoms with van der Waals surface area (Å²) >= 11 is 7.59. The lowest BCUT2D eigenvalue weighted by Crippen LogP contribution is -2.39. The number of carbonyl (C=O) groups excluding carboxylic acids is 1. The quantitative estimate of drug-likeness (QED) is 0.259. The van der Waals surface area contributed by atoms with Crippen LogP contribution in [0.2, 0.25) is 5.15 Å². The number of thioether (sulfide) groups is 1. The van der Waals surface area contributed by atoms with E-state index < -0.39 is 0 Å². The van der Waals surface area contributed by atoms with Crippen molar-refractivity contribution in [3.05, 3.63) is 11.2 Å². The van der Waals surface area contributed by atoms with E-state index in [1.165, 1.54) is 69.7 Å². The average Bonchev–Trinajstić information content (AvgIpc) is 2.76. The largest absolute Gasteiger partial charge is 0.357 e. The van der Waals surface area contributed by atoms with Gasteiger partial charge in [0.05, 0.1) is 5.75 Å². The average molecular weight is 454 g/mol. The first kappa shape index (κ1) is 23.6. The van der Waals surface area contributed by atoms with E-state index in [1.807, 2.05) is 6.07 Å². The lowest BCUT2D eigenvalue weighted by Gasteiger charge is -2.33. The van der Waals surface area contributed by atoms with Gasteiger partial charge in [-0.2, -0.15) is 0 Å². The number of carbonyl (C=O) groups is 1. The molecule has 0 radical (unpaired) electrons. The highest BCUT2D eigenvalue weighted by atomic mass is 35.5. The molecule has 1 amide bonds. The summed E-state index contributed by atoms with van der Waals surface area (Å²) in [6.07, 6.45) is 11.2. The number of piperidine rings is 1. The van der Waals surface area contributed by atoms with Crippen molar-refractivity contribution in [2.75, 3.05) is 37.3 Å². The fraction of sp³-hybridized carbons (Fsp3) is 0.773. The Morgan fingerprint density at radius 2 is 2.00 bits per heavy atom. The standard InChI is InChI=1S/C22H36ClN5OS/c1-17-9-6-7-13-28(17)14-8-12-24-21(29)16-30-22-25-19(23)15-20(26-22)27(2)18-10-4-3-5-11-18/h15,17-18H,3-14,16H2,1-2H3,(H,24,29). The van der Waals surface area contributed by atoms with Gasteiger partial charge in [-0.25, -0.2) is 9.97 Å². The Bertz CT molecular complexity index is 685. The summed E-state index contributed by atoms with van der Waals surface area (Å²) in [5.41, 5.74) is 0. The minimum atomic E-state index is 0.0254. The van der Waals surface area contributed by atoms with Crippen LogP contribution in [0, 0.1) is 0 Å². The van der Waals surface area contributed by atoms with E-state index in [0.29, 0.717) is 34.7 Å². The number of hydrogen-bond donors (Lipinski definition) is 1. The summed E-state index contributed by atoms with van der Waals surface area (Å²) in [4.78, 5) is 26.0. The molecule has 1 aliphatic carbocycles. The second-order valence-electron chi connectivity index (χ2n) is 8.61. The molecule has 3 rings (SSSR count). The highest BCUT2D eigenvalue weighted by molar-refractivity contribution is 7.99. The molecule has 1 N–H and O–H groups in total. The van der Waals surface area contributed by atoms with E-state index in [0.717, 1.165) is 18.8 Å². The summed E-state index contributed by atoms with van der Waals surface area (Å²) in [6.45, 7) is 5.27. The van der Waals surface area contributed by atoms with Gasteiger partial charge in [0.25, 0.3) is 0 Å². The zero-order valence-corrected chi connectivity index (χ0v) is 20.0. The van der Waals surface area contributed by atoms with Gasteiger partial charge in [-0.15, -0.1) is 0 Å². The van der Waals surface area contributed by atoms with Crippen LogP contribution in [-0.2, 0) is 4.79 Å². The molecular formula is C22H36ClN5OS. The first-order chi connectivity index (χ1) is 14.5. The Morgan fingerprint density at radius 3 is 2.77 bits per heavy atom. The van der Waals surface area contributed by atoms with Crippen molar-refractivity contribution in [2.24, 2.45) is 0 Å². The molecular weight excluding hydrogens is 418 g/mol. The van der Waals surface area contributed by atoms with Gasteiger partial charge < -0.3 is 15.1 Å². The topological polar surface area (TPSA) is 61.4 Å². The molecule has 2 heterocycles. The Hall–Kier alpha value is -1.05. The molecule has 2 fully saturated rings. The number of halogens is 1. The first-order valence-corrected chi connectivity index (χ1v) is 12.8. The van der Waals surface area contributed by atoms with E-state index in [9.17, 15) is 4.79 Å². The zero-order valence-electron chi connectivity index (χ0n) is 18.4. The monoisotopic (exact) mass is 453 g/mol. The molecule has 30 heavy (non-hydrogen) atoms. The smallest absolute Gasteiger partial charge is 0.230 e. The van der Waals surface area contributed by atoms with Crippen LogP contribution >= 0.6 is 23.4 Å². The molecule has 2 aliphatic rings. The lowest BCUT2D eigenvalue weighted by molar-refractivity contribution is -0.118. The molecule has 6 nitrogen and oxygen atoms in total. The fourth-order valence-electron chi connectivity index (χ4n) is 4.47. The first-order valence-electron chi connectivity index (χ1n) is 11.4. The molecule has 168 valence electrons. The predicted octanol–water partition coefficient (Wildman–Crippen LogP) is 4.37. The number of anilines is 1. The van der Waals surface area contributed by atoms with Crippen LogP contribution in [0.5, 0.6) is 0 Å². The van der Waals surface area contributed by atoms with Gasteiger partial charge in [0.15, 0.2) is 5.16 Å². The molecule has 1 aromatic rings.